The number of benzene rings is 2. The van der Waals surface area contributed by atoms with Crippen molar-refractivity contribution in [1.82, 2.24) is 0 Å². The maximum absolute atomic E-state index is 12.5. The summed E-state index contributed by atoms with van der Waals surface area (Å²) in [4.78, 5) is 23.6. The summed E-state index contributed by atoms with van der Waals surface area (Å²) in [6.45, 7) is 1.53. The van der Waals surface area contributed by atoms with Crippen molar-refractivity contribution in [1.29, 1.82) is 5.26 Å². The second kappa shape index (κ2) is 6.99. The van der Waals surface area contributed by atoms with Crippen LogP contribution in [0.2, 0.25) is 0 Å². The summed E-state index contributed by atoms with van der Waals surface area (Å²) in [5.74, 6) is -0.316. The lowest BCUT2D eigenvalue weighted by molar-refractivity contribution is 0.0696. The molecule has 1 aromatic heterocycles. The smallest absolute Gasteiger partial charge is 0.335 e. The van der Waals surface area contributed by atoms with Crippen LogP contribution in [0.1, 0.15) is 15.9 Å². The van der Waals surface area contributed by atoms with Crippen LogP contribution in [-0.2, 0) is 0 Å². The molecule has 0 unspecified atom stereocenters. The van der Waals surface area contributed by atoms with Gasteiger partial charge in [-0.2, -0.15) is 5.26 Å². The van der Waals surface area contributed by atoms with Crippen LogP contribution in [0.15, 0.2) is 51.9 Å². The van der Waals surface area contributed by atoms with Crippen molar-refractivity contribution in [3.63, 3.8) is 0 Å². The molecular formula is C19H13NO6. The topological polar surface area (TPSA) is 110 Å². The van der Waals surface area contributed by atoms with Crippen LogP contribution in [-0.4, -0.2) is 17.7 Å². The van der Waals surface area contributed by atoms with Gasteiger partial charge in [0.25, 0.3) is 0 Å². The fourth-order valence-corrected chi connectivity index (χ4v) is 2.43. The fraction of sp³-hybridized carbons (Fsp3) is 0.105. The summed E-state index contributed by atoms with van der Waals surface area (Å²) < 4.78 is 16.2. The molecule has 7 heteroatoms. The summed E-state index contributed by atoms with van der Waals surface area (Å²) in [5, 5.41) is 17.9. The Kier molecular flexibility index (Phi) is 4.58. The minimum atomic E-state index is -1.03. The normalized spacial score (nSPS) is 10.3. The maximum Gasteiger partial charge on any atom is 0.335 e. The Labute approximate surface area is 147 Å². The molecule has 0 amide bonds. The number of nitrogens with zero attached hydrogens (tertiary/aromatic N) is 1. The lowest BCUT2D eigenvalue weighted by atomic mass is 10.1. The van der Waals surface area contributed by atoms with Crippen molar-refractivity contribution in [3.05, 3.63) is 64.0 Å². The quantitative estimate of drug-likeness (QED) is 0.749. The van der Waals surface area contributed by atoms with Crippen molar-refractivity contribution in [2.75, 3.05) is 6.61 Å². The van der Waals surface area contributed by atoms with Gasteiger partial charge in [0.05, 0.1) is 10.9 Å². The standard InChI is InChI=1S/C19H13NO6/c1-11-8-13(3-4-14(11)19(22)23)26-17-10-25-16-9-12(24-7-6-20)2-5-15(16)18(17)21/h2-5,8-10H,7H2,1H3,(H,22,23). The van der Waals surface area contributed by atoms with Crippen LogP contribution < -0.4 is 14.9 Å². The zero-order valence-corrected chi connectivity index (χ0v) is 13.7. The van der Waals surface area contributed by atoms with Crippen molar-refractivity contribution in [3.8, 4) is 23.3 Å². The van der Waals surface area contributed by atoms with E-state index < -0.39 is 5.97 Å². The fourth-order valence-electron chi connectivity index (χ4n) is 2.43. The number of carbonyl (C=O) groups is 1. The summed E-state index contributed by atoms with van der Waals surface area (Å²) in [7, 11) is 0. The van der Waals surface area contributed by atoms with Gasteiger partial charge in [-0.25, -0.2) is 4.79 Å². The van der Waals surface area contributed by atoms with E-state index in [4.69, 9.17) is 24.3 Å². The third-order valence-electron chi connectivity index (χ3n) is 3.67. The molecule has 0 saturated carbocycles. The predicted molar refractivity (Wildman–Crippen MR) is 91.8 cm³/mol. The van der Waals surface area contributed by atoms with Gasteiger partial charge in [0, 0.05) is 6.07 Å². The first kappa shape index (κ1) is 17.0. The van der Waals surface area contributed by atoms with Gasteiger partial charge < -0.3 is 19.0 Å². The number of carboxylic acid groups (broad SMARTS) is 1. The molecule has 0 radical (unpaired) electrons. The van der Waals surface area contributed by atoms with Gasteiger partial charge in [-0.3, -0.25) is 4.79 Å². The van der Waals surface area contributed by atoms with Gasteiger partial charge in [-0.15, -0.1) is 0 Å². The molecule has 3 rings (SSSR count). The van der Waals surface area contributed by atoms with Crippen LogP contribution >= 0.6 is 0 Å². The third-order valence-corrected chi connectivity index (χ3v) is 3.67. The number of hydrogen-bond acceptors (Lipinski definition) is 6. The van der Waals surface area contributed by atoms with Crippen molar-refractivity contribution in [2.45, 2.75) is 6.92 Å². The Balaban J connectivity index is 1.93. The minimum absolute atomic E-state index is 0.0225. The molecule has 3 aromatic rings. The first-order valence-electron chi connectivity index (χ1n) is 7.56. The second-order valence-electron chi connectivity index (χ2n) is 5.42. The molecule has 0 atom stereocenters. The highest BCUT2D eigenvalue weighted by molar-refractivity contribution is 5.89. The molecule has 0 bridgehead atoms. The Hall–Kier alpha value is -3.79. The lowest BCUT2D eigenvalue weighted by Gasteiger charge is -2.08. The van der Waals surface area contributed by atoms with Gasteiger partial charge in [-0.05, 0) is 42.8 Å². The van der Waals surface area contributed by atoms with Crippen molar-refractivity contribution in [2.24, 2.45) is 0 Å². The Morgan fingerprint density at radius 2 is 2.00 bits per heavy atom. The van der Waals surface area contributed by atoms with Gasteiger partial charge in [-0.1, -0.05) is 0 Å². The van der Waals surface area contributed by atoms with Gasteiger partial charge >= 0.3 is 5.97 Å². The summed E-state index contributed by atoms with van der Waals surface area (Å²) in [6.07, 6.45) is 1.18. The van der Waals surface area contributed by atoms with Crippen LogP contribution in [0.25, 0.3) is 11.0 Å². The molecule has 1 heterocycles. The summed E-state index contributed by atoms with van der Waals surface area (Å²) in [6, 6.07) is 10.9. The molecule has 0 aliphatic carbocycles. The maximum atomic E-state index is 12.5. The number of nitriles is 1. The van der Waals surface area contributed by atoms with Gasteiger partial charge in [0.2, 0.25) is 11.2 Å². The molecule has 0 saturated heterocycles. The van der Waals surface area contributed by atoms with Crippen LogP contribution in [0.5, 0.6) is 17.2 Å². The average molecular weight is 351 g/mol. The first-order valence-corrected chi connectivity index (χ1v) is 7.56. The highest BCUT2D eigenvalue weighted by atomic mass is 16.5. The average Bonchev–Trinajstić information content (AvgIpc) is 2.62. The highest BCUT2D eigenvalue weighted by Gasteiger charge is 2.12. The molecule has 7 nitrogen and oxygen atoms in total. The number of rotatable bonds is 5. The molecule has 130 valence electrons. The molecule has 0 aliphatic heterocycles. The van der Waals surface area contributed by atoms with E-state index >= 15 is 0 Å². The molecular weight excluding hydrogens is 338 g/mol. The van der Waals surface area contributed by atoms with E-state index in [2.05, 4.69) is 0 Å². The predicted octanol–water partition coefficient (Wildman–Crippen LogP) is 3.49. The van der Waals surface area contributed by atoms with Crippen molar-refractivity contribution >= 4 is 16.9 Å². The number of ether oxygens (including phenoxy) is 2. The second-order valence-corrected chi connectivity index (χ2v) is 5.42. The van der Waals surface area contributed by atoms with E-state index in [-0.39, 0.29) is 23.3 Å². The molecule has 0 spiro atoms. The van der Waals surface area contributed by atoms with Crippen LogP contribution in [0.3, 0.4) is 0 Å². The van der Waals surface area contributed by atoms with Gasteiger partial charge in [0.1, 0.15) is 29.4 Å². The van der Waals surface area contributed by atoms with E-state index in [9.17, 15) is 9.59 Å². The number of hydrogen-bond donors (Lipinski definition) is 1. The van der Waals surface area contributed by atoms with Gasteiger partial charge in [0.15, 0.2) is 6.61 Å². The largest absolute Gasteiger partial charge is 0.479 e. The SMILES string of the molecule is Cc1cc(Oc2coc3cc(OCC#N)ccc3c2=O)ccc1C(=O)O. The molecule has 0 fully saturated rings. The van der Waals surface area contributed by atoms with E-state index in [0.29, 0.717) is 28.0 Å². The first-order chi connectivity index (χ1) is 12.5. The number of carboxylic acids is 1. The Bertz CT molecular complexity index is 1090. The minimum Gasteiger partial charge on any atom is -0.479 e. The number of fused-ring (bicyclic) bond motifs is 1. The summed E-state index contributed by atoms with van der Waals surface area (Å²) >= 11 is 0. The Morgan fingerprint density at radius 1 is 1.23 bits per heavy atom. The molecule has 2 aromatic carbocycles. The highest BCUT2D eigenvalue weighted by Crippen LogP contribution is 2.25. The number of aromatic carboxylic acids is 1. The third kappa shape index (κ3) is 3.35. The molecule has 0 aliphatic rings. The van der Waals surface area contributed by atoms with E-state index in [1.807, 2.05) is 6.07 Å². The zero-order chi connectivity index (χ0) is 18.7. The molecule has 1 N–H and O–H groups in total. The van der Waals surface area contributed by atoms with Crippen LogP contribution in [0, 0.1) is 18.3 Å². The molecule has 26 heavy (non-hydrogen) atoms. The van der Waals surface area contributed by atoms with E-state index in [1.165, 1.54) is 36.6 Å². The van der Waals surface area contributed by atoms with E-state index in [0.717, 1.165) is 0 Å². The number of aryl methyl sites for hydroxylation is 1. The summed E-state index contributed by atoms with van der Waals surface area (Å²) in [5.41, 5.74) is 0.598. The zero-order valence-electron chi connectivity index (χ0n) is 13.7. The monoisotopic (exact) mass is 351 g/mol. The van der Waals surface area contributed by atoms with Crippen LogP contribution in [0.4, 0.5) is 0 Å². The van der Waals surface area contributed by atoms with E-state index in [1.54, 1.807) is 13.0 Å². The Morgan fingerprint density at radius 3 is 2.69 bits per heavy atom. The lowest BCUT2D eigenvalue weighted by Crippen LogP contribution is -2.06. The van der Waals surface area contributed by atoms with Crippen molar-refractivity contribution < 1.29 is 23.8 Å².